The van der Waals surface area contributed by atoms with Gasteiger partial charge in [0, 0.05) is 11.6 Å². The van der Waals surface area contributed by atoms with E-state index >= 15 is 0 Å². The van der Waals surface area contributed by atoms with Gasteiger partial charge in [0.05, 0.1) is 11.5 Å². The number of aliphatic carboxylic acids is 1. The van der Waals surface area contributed by atoms with E-state index in [1.165, 1.54) is 0 Å². The maximum atomic E-state index is 13.2. The molecule has 1 aromatic carbocycles. The van der Waals surface area contributed by atoms with E-state index in [-0.39, 0.29) is 11.6 Å². The van der Waals surface area contributed by atoms with Gasteiger partial charge in [-0.25, -0.2) is 4.39 Å². The van der Waals surface area contributed by atoms with Crippen LogP contribution in [0.3, 0.4) is 0 Å². The van der Waals surface area contributed by atoms with Crippen molar-refractivity contribution in [3.8, 4) is 0 Å². The molecule has 1 saturated carbocycles. The van der Waals surface area contributed by atoms with Crippen molar-refractivity contribution in [1.82, 2.24) is 5.32 Å². The number of nitrogens with one attached hydrogen (secondary N) is 1. The molecule has 2 N–H and O–H groups in total. The highest BCUT2D eigenvalue weighted by Crippen LogP contribution is 2.32. The number of hydrogen-bond donors (Lipinski definition) is 2. The monoisotopic (exact) mass is 333 g/mol. The van der Waals surface area contributed by atoms with Gasteiger partial charge in [-0.3, -0.25) is 9.59 Å². The quantitative estimate of drug-likeness (QED) is 0.835. The number of rotatable bonds is 3. The molecule has 1 fully saturated rings. The fourth-order valence-electron chi connectivity index (χ4n) is 2.64. The maximum Gasteiger partial charge on any atom is 0.419 e. The summed E-state index contributed by atoms with van der Waals surface area (Å²) < 4.78 is 51.1. The Morgan fingerprint density at radius 1 is 1.13 bits per heavy atom. The number of carboxylic acids is 1. The molecular formula is C15H15F4NO3. The van der Waals surface area contributed by atoms with Crippen LogP contribution in [0.5, 0.6) is 0 Å². The molecule has 0 aliphatic heterocycles. The Morgan fingerprint density at radius 2 is 1.74 bits per heavy atom. The molecule has 0 radical (unpaired) electrons. The van der Waals surface area contributed by atoms with Gasteiger partial charge in [0.25, 0.3) is 5.91 Å². The summed E-state index contributed by atoms with van der Waals surface area (Å²) in [5.74, 6) is -3.50. The summed E-state index contributed by atoms with van der Waals surface area (Å²) in [5, 5.41) is 11.5. The van der Waals surface area contributed by atoms with Gasteiger partial charge in [-0.05, 0) is 43.9 Å². The van der Waals surface area contributed by atoms with Crippen LogP contribution in [0.25, 0.3) is 0 Å². The lowest BCUT2D eigenvalue weighted by Crippen LogP contribution is -2.38. The molecule has 1 amide bonds. The summed E-state index contributed by atoms with van der Waals surface area (Å²) in [6.45, 7) is 0. The predicted molar refractivity (Wildman–Crippen MR) is 72.3 cm³/mol. The zero-order chi connectivity index (χ0) is 17.2. The molecule has 0 spiro atoms. The first-order valence-corrected chi connectivity index (χ1v) is 7.09. The van der Waals surface area contributed by atoms with E-state index in [0.717, 1.165) is 6.07 Å². The first-order chi connectivity index (χ1) is 10.7. The van der Waals surface area contributed by atoms with Crippen LogP contribution in [0, 0.1) is 11.7 Å². The number of amides is 1. The van der Waals surface area contributed by atoms with E-state index in [9.17, 15) is 27.2 Å². The lowest BCUT2D eigenvalue weighted by molar-refractivity contribution is -0.143. The first kappa shape index (κ1) is 17.2. The molecule has 4 nitrogen and oxygen atoms in total. The van der Waals surface area contributed by atoms with Gasteiger partial charge in [0.15, 0.2) is 0 Å². The van der Waals surface area contributed by atoms with E-state index in [0.29, 0.717) is 37.8 Å². The summed E-state index contributed by atoms with van der Waals surface area (Å²) in [6.07, 6.45) is -3.19. The van der Waals surface area contributed by atoms with Crippen molar-refractivity contribution in [2.75, 3.05) is 0 Å². The molecule has 8 heteroatoms. The number of benzene rings is 1. The van der Waals surface area contributed by atoms with Gasteiger partial charge in [-0.15, -0.1) is 0 Å². The average molecular weight is 333 g/mol. The van der Waals surface area contributed by atoms with Gasteiger partial charge < -0.3 is 10.4 Å². The fraction of sp³-hybridized carbons (Fsp3) is 0.467. The Kier molecular flexibility index (Phi) is 4.91. The smallest absolute Gasteiger partial charge is 0.419 e. The zero-order valence-corrected chi connectivity index (χ0v) is 12.0. The third-order valence-electron chi connectivity index (χ3n) is 3.95. The highest BCUT2D eigenvalue weighted by atomic mass is 19.4. The number of alkyl halides is 3. The number of carbonyl (C=O) groups is 2. The van der Waals surface area contributed by atoms with Crippen molar-refractivity contribution in [1.29, 1.82) is 0 Å². The van der Waals surface area contributed by atoms with Crippen LogP contribution in [0.2, 0.25) is 0 Å². The second-order valence-corrected chi connectivity index (χ2v) is 5.55. The molecule has 0 bridgehead atoms. The van der Waals surface area contributed by atoms with Crippen molar-refractivity contribution >= 4 is 11.9 Å². The molecule has 0 aromatic heterocycles. The van der Waals surface area contributed by atoms with Crippen LogP contribution in [-0.4, -0.2) is 23.0 Å². The van der Waals surface area contributed by atoms with Crippen molar-refractivity contribution in [2.45, 2.75) is 37.9 Å². The summed E-state index contributed by atoms with van der Waals surface area (Å²) in [6, 6.07) is 1.78. The number of carboxylic acid groups (broad SMARTS) is 1. The van der Waals surface area contributed by atoms with Crippen molar-refractivity contribution < 1.29 is 32.3 Å². The number of halogens is 4. The van der Waals surface area contributed by atoms with E-state index in [1.54, 1.807) is 0 Å². The third-order valence-corrected chi connectivity index (χ3v) is 3.95. The van der Waals surface area contributed by atoms with Gasteiger partial charge in [0.2, 0.25) is 0 Å². The Morgan fingerprint density at radius 3 is 2.26 bits per heavy atom. The third kappa shape index (κ3) is 4.20. The number of carbonyl (C=O) groups excluding carboxylic acids is 1. The fourth-order valence-corrected chi connectivity index (χ4v) is 2.64. The van der Waals surface area contributed by atoms with Crippen LogP contribution < -0.4 is 5.32 Å². The standard InChI is InChI=1S/C15H15F4NO3/c16-12-6-3-9(7-11(12)15(17,18)19)13(21)20-10-4-1-8(2-5-10)14(22)23/h3,6-8,10H,1-2,4-5H2,(H,20,21)(H,22,23). The molecule has 1 aliphatic rings. The first-order valence-electron chi connectivity index (χ1n) is 7.09. The largest absolute Gasteiger partial charge is 0.481 e. The van der Waals surface area contributed by atoms with E-state index < -0.39 is 35.4 Å². The summed E-state index contributed by atoms with van der Waals surface area (Å²) in [5.41, 5.74) is -1.76. The minimum absolute atomic E-state index is 0.279. The van der Waals surface area contributed by atoms with E-state index in [2.05, 4.69) is 5.32 Å². The lowest BCUT2D eigenvalue weighted by Gasteiger charge is -2.26. The highest BCUT2D eigenvalue weighted by Gasteiger charge is 2.35. The number of hydrogen-bond acceptors (Lipinski definition) is 2. The molecule has 1 aromatic rings. The van der Waals surface area contributed by atoms with Crippen molar-refractivity contribution in [3.63, 3.8) is 0 Å². The van der Waals surface area contributed by atoms with Crippen molar-refractivity contribution in [3.05, 3.63) is 35.1 Å². The molecular weight excluding hydrogens is 318 g/mol. The van der Waals surface area contributed by atoms with Crippen LogP contribution in [0.1, 0.15) is 41.6 Å². The van der Waals surface area contributed by atoms with Crippen LogP contribution in [0.4, 0.5) is 17.6 Å². The minimum Gasteiger partial charge on any atom is -0.481 e. The van der Waals surface area contributed by atoms with Crippen LogP contribution in [0.15, 0.2) is 18.2 Å². The minimum atomic E-state index is -4.88. The van der Waals surface area contributed by atoms with Crippen LogP contribution >= 0.6 is 0 Å². The Balaban J connectivity index is 2.03. The van der Waals surface area contributed by atoms with Crippen LogP contribution in [-0.2, 0) is 11.0 Å². The summed E-state index contributed by atoms with van der Waals surface area (Å²) in [7, 11) is 0. The normalized spacial score (nSPS) is 21.7. The topological polar surface area (TPSA) is 66.4 Å². The lowest BCUT2D eigenvalue weighted by atomic mass is 9.86. The van der Waals surface area contributed by atoms with Gasteiger partial charge >= 0.3 is 12.1 Å². The summed E-state index contributed by atoms with van der Waals surface area (Å²) >= 11 is 0. The van der Waals surface area contributed by atoms with E-state index in [1.807, 2.05) is 0 Å². The van der Waals surface area contributed by atoms with Crippen molar-refractivity contribution in [2.24, 2.45) is 5.92 Å². The van der Waals surface area contributed by atoms with E-state index in [4.69, 9.17) is 5.11 Å². The Bertz CT molecular complexity index is 607. The maximum absolute atomic E-state index is 13.2. The Labute approximate surface area is 129 Å². The molecule has 23 heavy (non-hydrogen) atoms. The SMILES string of the molecule is O=C(NC1CCC(C(=O)O)CC1)c1ccc(F)c(C(F)(F)F)c1. The van der Waals surface area contributed by atoms with Gasteiger partial charge in [-0.1, -0.05) is 0 Å². The van der Waals surface area contributed by atoms with Gasteiger partial charge in [-0.2, -0.15) is 13.2 Å². The second-order valence-electron chi connectivity index (χ2n) is 5.55. The Hall–Kier alpha value is -2.12. The summed E-state index contributed by atoms with van der Waals surface area (Å²) in [4.78, 5) is 22.8. The zero-order valence-electron chi connectivity index (χ0n) is 12.0. The molecule has 0 unspecified atom stereocenters. The predicted octanol–water partition coefficient (Wildman–Crippen LogP) is 3.22. The molecule has 1 aliphatic carbocycles. The average Bonchev–Trinajstić information content (AvgIpc) is 2.47. The van der Waals surface area contributed by atoms with Gasteiger partial charge in [0.1, 0.15) is 5.82 Å². The molecule has 0 atom stereocenters. The highest BCUT2D eigenvalue weighted by molar-refractivity contribution is 5.94. The molecule has 0 saturated heterocycles. The second kappa shape index (κ2) is 6.55. The molecule has 2 rings (SSSR count). The molecule has 0 heterocycles. The molecule has 126 valence electrons.